The third-order valence-corrected chi connectivity index (χ3v) is 7.76. The van der Waals surface area contributed by atoms with Gasteiger partial charge in [-0.1, -0.05) is 0 Å². The van der Waals surface area contributed by atoms with Crippen molar-refractivity contribution in [2.45, 2.75) is 117 Å². The maximum Gasteiger partial charge on any atom is 0.220 e. The third kappa shape index (κ3) is 7.87. The molecule has 16 atom stereocenters. The normalized spacial score (nSPS) is 46.2. The van der Waals surface area contributed by atoms with Crippen LogP contribution in [-0.4, -0.2) is 164 Å². The lowest BCUT2D eigenvalue weighted by Crippen LogP contribution is -2.69. The average Bonchev–Trinajstić information content (AvgIpc) is 2.95. The molecule has 0 aromatic heterocycles. The molecule has 1 saturated carbocycles. The Morgan fingerprint density at radius 1 is 0.854 bits per heavy atom. The number of hydrogen-bond donors (Lipinski definition) is 13. The fourth-order valence-corrected chi connectivity index (χ4v) is 5.19. The maximum atomic E-state index is 12.7. The fraction of sp³-hybridized carbons (Fsp3) is 0.957. The molecule has 17 N–H and O–H groups in total. The predicted octanol–water partition coefficient (Wildman–Crippen LogP) is -8.03. The predicted molar refractivity (Wildman–Crippen MR) is 136 cm³/mol. The summed E-state index contributed by atoms with van der Waals surface area (Å²) in [5, 5.41) is 84.3. The van der Waals surface area contributed by atoms with Crippen molar-refractivity contribution >= 4 is 5.91 Å². The van der Waals surface area contributed by atoms with E-state index >= 15 is 0 Å². The van der Waals surface area contributed by atoms with Crippen molar-refractivity contribution in [1.82, 2.24) is 5.32 Å². The number of aliphatic hydroxyl groups is 8. The lowest BCUT2D eigenvalue weighted by atomic mass is 9.83. The van der Waals surface area contributed by atoms with Gasteiger partial charge in [0.2, 0.25) is 5.91 Å². The van der Waals surface area contributed by atoms with E-state index in [1.807, 2.05) is 0 Å². The first-order chi connectivity index (χ1) is 19.3. The Balaban J connectivity index is 1.82. The van der Waals surface area contributed by atoms with Crippen LogP contribution in [-0.2, 0) is 23.7 Å². The van der Waals surface area contributed by atoms with Crippen LogP contribution in [0.2, 0.25) is 0 Å². The summed E-state index contributed by atoms with van der Waals surface area (Å²) >= 11 is 0. The molecular formula is C23H45N5O13. The number of aliphatic hydroxyl groups excluding tert-OH is 8. The average molecular weight is 600 g/mol. The molecule has 1 amide bonds. The smallest absolute Gasteiger partial charge is 0.220 e. The maximum absolute atomic E-state index is 12.7. The molecule has 18 heteroatoms. The Labute approximate surface area is 236 Å². The van der Waals surface area contributed by atoms with Crippen LogP contribution in [0.3, 0.4) is 0 Å². The van der Waals surface area contributed by atoms with Crippen LogP contribution in [0.5, 0.6) is 0 Å². The van der Waals surface area contributed by atoms with Crippen molar-refractivity contribution < 1.29 is 64.6 Å². The minimum atomic E-state index is -1.74. The first kappa shape index (κ1) is 34.3. The summed E-state index contributed by atoms with van der Waals surface area (Å²) in [6, 6.07) is -3.92. The van der Waals surface area contributed by atoms with Gasteiger partial charge in [-0.25, -0.2) is 0 Å². The van der Waals surface area contributed by atoms with E-state index in [0.29, 0.717) is 0 Å². The second kappa shape index (κ2) is 15.0. The molecule has 2 aliphatic heterocycles. The first-order valence-electron chi connectivity index (χ1n) is 13.5. The SMILES string of the molecule is NC[C@H]1O[C@H](O[C@@H]2[C@@H](O)[C@H](O[C@H]3O[C@H](CO)[C@@H](O)[C@H](N)[C@H]3O)[C@@H](NC(=O)CC[C@H](N)CO)C[C@H]2N)[C@H](O)[C@@H](O)[C@@H]1O. The van der Waals surface area contributed by atoms with Crippen molar-refractivity contribution in [3.63, 3.8) is 0 Å². The lowest BCUT2D eigenvalue weighted by Gasteiger charge is -2.48. The molecule has 3 fully saturated rings. The minimum Gasteiger partial charge on any atom is -0.395 e. The van der Waals surface area contributed by atoms with Crippen molar-refractivity contribution in [2.75, 3.05) is 19.8 Å². The zero-order valence-corrected chi connectivity index (χ0v) is 22.4. The summed E-state index contributed by atoms with van der Waals surface area (Å²) in [6.45, 7) is -1.21. The summed E-state index contributed by atoms with van der Waals surface area (Å²) in [5.41, 5.74) is 23.4. The van der Waals surface area contributed by atoms with Crippen LogP contribution in [0.15, 0.2) is 0 Å². The zero-order valence-electron chi connectivity index (χ0n) is 22.4. The van der Waals surface area contributed by atoms with Crippen molar-refractivity contribution in [1.29, 1.82) is 0 Å². The van der Waals surface area contributed by atoms with Gasteiger partial charge < -0.3 is 88.1 Å². The Kier molecular flexibility index (Phi) is 12.6. The van der Waals surface area contributed by atoms with E-state index in [9.17, 15) is 40.5 Å². The molecule has 0 unspecified atom stereocenters. The number of carbonyl (C=O) groups excluding carboxylic acids is 1. The van der Waals surface area contributed by atoms with Gasteiger partial charge in [-0.05, 0) is 12.8 Å². The van der Waals surface area contributed by atoms with Gasteiger partial charge in [0.25, 0.3) is 0 Å². The number of nitrogens with one attached hydrogen (secondary N) is 1. The number of rotatable bonds is 11. The van der Waals surface area contributed by atoms with Crippen LogP contribution < -0.4 is 28.3 Å². The highest BCUT2D eigenvalue weighted by Gasteiger charge is 2.52. The van der Waals surface area contributed by atoms with Gasteiger partial charge in [-0.2, -0.15) is 0 Å². The second-order valence-corrected chi connectivity index (χ2v) is 10.8. The van der Waals surface area contributed by atoms with E-state index in [-0.39, 0.29) is 32.4 Å². The van der Waals surface area contributed by atoms with Gasteiger partial charge in [-0.15, -0.1) is 0 Å². The van der Waals surface area contributed by atoms with Gasteiger partial charge in [0, 0.05) is 25.0 Å². The molecule has 18 nitrogen and oxygen atoms in total. The van der Waals surface area contributed by atoms with Crippen LogP contribution >= 0.6 is 0 Å². The van der Waals surface area contributed by atoms with Crippen LogP contribution in [0.4, 0.5) is 0 Å². The Bertz CT molecular complexity index is 831. The fourth-order valence-electron chi connectivity index (χ4n) is 5.19. The Morgan fingerprint density at radius 2 is 1.46 bits per heavy atom. The van der Waals surface area contributed by atoms with Gasteiger partial charge in [0.05, 0.1) is 25.3 Å². The summed E-state index contributed by atoms with van der Waals surface area (Å²) in [6.07, 6.45) is -17.8. The zero-order chi connectivity index (χ0) is 30.6. The van der Waals surface area contributed by atoms with Gasteiger partial charge >= 0.3 is 0 Å². The summed E-state index contributed by atoms with van der Waals surface area (Å²) in [5.74, 6) is -0.509. The molecule has 1 aliphatic carbocycles. The number of hydrogen-bond acceptors (Lipinski definition) is 17. The molecule has 2 heterocycles. The van der Waals surface area contributed by atoms with Crippen molar-refractivity contribution in [3.8, 4) is 0 Å². The number of amides is 1. The van der Waals surface area contributed by atoms with E-state index in [0.717, 1.165) is 0 Å². The molecule has 2 saturated heterocycles. The van der Waals surface area contributed by atoms with Crippen LogP contribution in [0.25, 0.3) is 0 Å². The molecule has 3 aliphatic rings. The molecule has 0 bridgehead atoms. The Hall–Kier alpha value is -1.17. The summed E-state index contributed by atoms with van der Waals surface area (Å²) in [4.78, 5) is 12.7. The van der Waals surface area contributed by atoms with Crippen LogP contribution in [0.1, 0.15) is 19.3 Å². The van der Waals surface area contributed by atoms with Gasteiger partial charge in [0.15, 0.2) is 12.6 Å². The van der Waals surface area contributed by atoms with Crippen molar-refractivity contribution in [2.24, 2.45) is 22.9 Å². The molecule has 0 aromatic rings. The molecule has 3 rings (SSSR count). The van der Waals surface area contributed by atoms with E-state index < -0.39 is 110 Å². The first-order valence-corrected chi connectivity index (χ1v) is 13.5. The largest absolute Gasteiger partial charge is 0.395 e. The van der Waals surface area contributed by atoms with E-state index in [4.69, 9.17) is 47.0 Å². The molecule has 0 spiro atoms. The molecule has 0 radical (unpaired) electrons. The highest BCUT2D eigenvalue weighted by Crippen LogP contribution is 2.32. The minimum absolute atomic E-state index is 0.0700. The molecule has 0 aromatic carbocycles. The summed E-state index contributed by atoms with van der Waals surface area (Å²) in [7, 11) is 0. The highest BCUT2D eigenvalue weighted by atomic mass is 16.7. The topological polar surface area (TPSA) is 332 Å². The second-order valence-electron chi connectivity index (χ2n) is 10.8. The lowest BCUT2D eigenvalue weighted by molar-refractivity contribution is -0.332. The van der Waals surface area contributed by atoms with E-state index in [1.165, 1.54) is 0 Å². The molecule has 41 heavy (non-hydrogen) atoms. The quantitative estimate of drug-likeness (QED) is 0.105. The van der Waals surface area contributed by atoms with Crippen molar-refractivity contribution in [3.05, 3.63) is 0 Å². The van der Waals surface area contributed by atoms with E-state index in [1.54, 1.807) is 0 Å². The number of carbonyl (C=O) groups is 1. The van der Waals surface area contributed by atoms with E-state index in [2.05, 4.69) is 5.32 Å². The third-order valence-electron chi connectivity index (χ3n) is 7.76. The molecular weight excluding hydrogens is 554 g/mol. The summed E-state index contributed by atoms with van der Waals surface area (Å²) < 4.78 is 22.6. The monoisotopic (exact) mass is 599 g/mol. The Morgan fingerprint density at radius 3 is 2.07 bits per heavy atom. The molecule has 240 valence electrons. The van der Waals surface area contributed by atoms with Gasteiger partial charge in [-0.3, -0.25) is 4.79 Å². The number of nitrogens with two attached hydrogens (primary N) is 4. The van der Waals surface area contributed by atoms with Gasteiger partial charge in [0.1, 0.15) is 61.0 Å². The number of ether oxygens (including phenoxy) is 4. The highest BCUT2D eigenvalue weighted by molar-refractivity contribution is 5.76. The van der Waals surface area contributed by atoms with Crippen LogP contribution in [0, 0.1) is 0 Å². The standard InChI is InChI=1S/C23H45N5O13/c24-4-10-15(33)17(35)18(36)23(38-10)40-20-8(26)3-9(28-12(31)2-1-7(25)5-29)21(19(20)37)41-22-16(34)13(27)14(32)11(6-30)39-22/h7-11,13-23,29-30,32-37H,1-6,24-27H2,(H,28,31)/t7-,8+,9-,10+,11+,13-,14+,15+,16+,17-,18+,19+,20-,21+,22+,23+/m0/s1.